The van der Waals surface area contributed by atoms with Gasteiger partial charge in [-0.2, -0.15) is 0 Å². The number of nitrogens with two attached hydrogens (primary N) is 2. The second kappa shape index (κ2) is 9.08. The summed E-state index contributed by atoms with van der Waals surface area (Å²) in [4.78, 5) is 56.6. The average molecular weight is 533 g/mol. The molecule has 0 unspecified atom stereocenters. The molecule has 0 saturated carbocycles. The van der Waals surface area contributed by atoms with Gasteiger partial charge in [-0.05, 0) is 95.4 Å². The molecule has 0 fully saturated rings. The van der Waals surface area contributed by atoms with Gasteiger partial charge in [0.2, 0.25) is 0 Å². The molecule has 0 radical (unpaired) electrons. The molecule has 8 heteroatoms. The van der Waals surface area contributed by atoms with Crippen molar-refractivity contribution >= 4 is 66.7 Å². The van der Waals surface area contributed by atoms with Crippen LogP contribution in [0, 0.1) is 0 Å². The summed E-state index contributed by atoms with van der Waals surface area (Å²) >= 11 is 0. The molecule has 4 amide bonds. The van der Waals surface area contributed by atoms with Gasteiger partial charge in [0.15, 0.2) is 0 Å². The summed E-state index contributed by atoms with van der Waals surface area (Å²) in [5, 5.41) is 6.57. The van der Waals surface area contributed by atoms with Gasteiger partial charge in [0.05, 0.1) is 0 Å². The maximum Gasteiger partial charge on any atom is 0.261 e. The number of unbranched alkanes of at least 4 members (excludes halogenated alkanes) is 2. The third-order valence-electron chi connectivity index (χ3n) is 8.48. The molecule has 0 aliphatic carbocycles. The molecule has 2 aliphatic rings. The Labute approximate surface area is 229 Å². The fraction of sp³-hybridized carbons (Fsp3) is 0.250. The summed E-state index contributed by atoms with van der Waals surface area (Å²) in [6.07, 6.45) is 2.78. The van der Waals surface area contributed by atoms with E-state index in [0.717, 1.165) is 45.2 Å². The summed E-state index contributed by atoms with van der Waals surface area (Å²) in [7, 11) is 0. The van der Waals surface area contributed by atoms with E-state index in [0.29, 0.717) is 72.0 Å². The Morgan fingerprint density at radius 1 is 0.425 bits per heavy atom. The van der Waals surface area contributed by atoms with Crippen molar-refractivity contribution in [2.24, 2.45) is 11.5 Å². The molecule has 0 atom stereocenters. The van der Waals surface area contributed by atoms with Gasteiger partial charge in [0.1, 0.15) is 0 Å². The van der Waals surface area contributed by atoms with Crippen LogP contribution in [-0.2, 0) is 0 Å². The first kappa shape index (κ1) is 24.6. The molecule has 5 aromatic carbocycles. The minimum atomic E-state index is -0.291. The summed E-state index contributed by atoms with van der Waals surface area (Å²) in [6, 6.07) is 14.9. The van der Waals surface area contributed by atoms with E-state index in [1.807, 2.05) is 24.3 Å². The van der Waals surface area contributed by atoms with Gasteiger partial charge < -0.3 is 11.5 Å². The molecule has 0 aromatic heterocycles. The Morgan fingerprint density at radius 3 is 1.00 bits per heavy atom. The third kappa shape index (κ3) is 3.20. The summed E-state index contributed by atoms with van der Waals surface area (Å²) in [6.45, 7) is 1.68. The fourth-order valence-corrected chi connectivity index (χ4v) is 6.60. The maximum absolute atomic E-state index is 13.5. The first-order chi connectivity index (χ1) is 19.5. The highest BCUT2D eigenvalue weighted by atomic mass is 16.2. The molecule has 2 aliphatic heterocycles. The normalized spacial score (nSPS) is 15.2. The number of fused-ring (bicyclic) bond motifs is 2. The molecule has 0 bridgehead atoms. The first-order valence-corrected chi connectivity index (χ1v) is 13.8. The van der Waals surface area contributed by atoms with Crippen LogP contribution in [0.2, 0.25) is 0 Å². The summed E-state index contributed by atoms with van der Waals surface area (Å²) < 4.78 is 0. The van der Waals surface area contributed by atoms with Crippen molar-refractivity contribution in [3.8, 4) is 0 Å². The van der Waals surface area contributed by atoms with Crippen molar-refractivity contribution in [2.45, 2.75) is 25.7 Å². The van der Waals surface area contributed by atoms with Gasteiger partial charge in [0.25, 0.3) is 23.6 Å². The molecule has 5 aromatic rings. The van der Waals surface area contributed by atoms with E-state index in [2.05, 4.69) is 0 Å². The maximum atomic E-state index is 13.5. The van der Waals surface area contributed by atoms with E-state index in [-0.39, 0.29) is 23.6 Å². The second-order valence-corrected chi connectivity index (χ2v) is 10.7. The summed E-state index contributed by atoms with van der Waals surface area (Å²) in [5.74, 6) is -1.17. The largest absolute Gasteiger partial charge is 0.330 e. The highest BCUT2D eigenvalue weighted by molar-refractivity contribution is 6.41. The first-order valence-electron chi connectivity index (χ1n) is 13.8. The van der Waals surface area contributed by atoms with Gasteiger partial charge in [0, 0.05) is 46.1 Å². The Hall–Kier alpha value is -4.40. The number of carbonyl (C=O) groups is 4. The van der Waals surface area contributed by atoms with Gasteiger partial charge in [-0.1, -0.05) is 24.3 Å². The van der Waals surface area contributed by atoms with E-state index >= 15 is 0 Å². The molecule has 0 spiro atoms. The predicted octanol–water partition coefficient (Wildman–Crippen LogP) is 4.41. The van der Waals surface area contributed by atoms with Gasteiger partial charge in [-0.3, -0.25) is 29.0 Å². The second-order valence-electron chi connectivity index (χ2n) is 10.7. The van der Waals surface area contributed by atoms with Crippen molar-refractivity contribution in [3.05, 3.63) is 70.8 Å². The molecule has 8 nitrogen and oxygen atoms in total. The SMILES string of the molecule is NCCCCN1C(=O)c2ccc3c4ccc5c6c(ccc(c7ccc(c2c37)C1=O)c64)C(=O)N(CCCCN)C5=O. The average Bonchev–Trinajstić information content (AvgIpc) is 2.97. The number of hydrogen-bond acceptors (Lipinski definition) is 6. The van der Waals surface area contributed by atoms with Crippen LogP contribution in [0.3, 0.4) is 0 Å². The molecule has 4 N–H and O–H groups in total. The lowest BCUT2D eigenvalue weighted by molar-refractivity contribution is 0.0593. The van der Waals surface area contributed by atoms with E-state index < -0.39 is 0 Å². The predicted molar refractivity (Wildman–Crippen MR) is 155 cm³/mol. The Morgan fingerprint density at radius 2 is 0.725 bits per heavy atom. The van der Waals surface area contributed by atoms with Crippen molar-refractivity contribution < 1.29 is 19.2 Å². The van der Waals surface area contributed by atoms with Crippen LogP contribution in [-0.4, -0.2) is 59.6 Å². The molecule has 40 heavy (non-hydrogen) atoms. The monoisotopic (exact) mass is 532 g/mol. The van der Waals surface area contributed by atoms with Crippen molar-refractivity contribution in [1.29, 1.82) is 0 Å². The lowest BCUT2D eigenvalue weighted by atomic mass is 9.82. The van der Waals surface area contributed by atoms with Crippen molar-refractivity contribution in [3.63, 3.8) is 0 Å². The molecule has 0 saturated heterocycles. The number of amides is 4. The number of hydrogen-bond donors (Lipinski definition) is 2. The molecular weight excluding hydrogens is 504 g/mol. The highest BCUT2D eigenvalue weighted by Gasteiger charge is 2.36. The minimum Gasteiger partial charge on any atom is -0.330 e. The van der Waals surface area contributed by atoms with E-state index in [9.17, 15) is 19.2 Å². The Bertz CT molecular complexity index is 1670. The quantitative estimate of drug-likeness (QED) is 0.132. The number of rotatable bonds is 8. The van der Waals surface area contributed by atoms with Crippen LogP contribution >= 0.6 is 0 Å². The zero-order valence-electron chi connectivity index (χ0n) is 22.0. The molecule has 7 rings (SSSR count). The van der Waals surface area contributed by atoms with Crippen LogP contribution in [0.4, 0.5) is 0 Å². The van der Waals surface area contributed by atoms with Crippen LogP contribution in [0.15, 0.2) is 48.5 Å². The Balaban J connectivity index is 1.47. The molecular formula is C32H28N4O4. The third-order valence-corrected chi connectivity index (χ3v) is 8.48. The lowest BCUT2D eigenvalue weighted by Gasteiger charge is -2.30. The van der Waals surface area contributed by atoms with E-state index in [1.165, 1.54) is 9.80 Å². The van der Waals surface area contributed by atoms with Gasteiger partial charge in [-0.25, -0.2) is 0 Å². The fourth-order valence-electron chi connectivity index (χ4n) is 6.60. The van der Waals surface area contributed by atoms with E-state index in [4.69, 9.17) is 11.5 Å². The van der Waals surface area contributed by atoms with Crippen molar-refractivity contribution in [1.82, 2.24) is 9.80 Å². The standard InChI is InChI=1S/C32H28N4O4/c33-13-1-3-15-35-29(37)21-9-5-17-19-7-11-23-28-24(32(40)36(31(23)39)16-4-2-14-34)12-8-20(26(19)28)18-6-10-22(30(35)38)27(21)25(17)18/h5-12H,1-4,13-16,33-34H2. The highest BCUT2D eigenvalue weighted by Crippen LogP contribution is 2.46. The molecule has 2 heterocycles. The van der Waals surface area contributed by atoms with Crippen LogP contribution in [0.1, 0.15) is 67.1 Å². The van der Waals surface area contributed by atoms with Crippen LogP contribution < -0.4 is 11.5 Å². The number of benzene rings is 5. The topological polar surface area (TPSA) is 127 Å². The number of imide groups is 2. The minimum absolute atomic E-state index is 0.291. The zero-order chi connectivity index (χ0) is 27.7. The van der Waals surface area contributed by atoms with Crippen LogP contribution in [0.5, 0.6) is 0 Å². The van der Waals surface area contributed by atoms with Crippen molar-refractivity contribution in [2.75, 3.05) is 26.2 Å². The number of carbonyl (C=O) groups excluding carboxylic acids is 4. The van der Waals surface area contributed by atoms with Crippen LogP contribution in [0.25, 0.3) is 43.1 Å². The van der Waals surface area contributed by atoms with Gasteiger partial charge >= 0.3 is 0 Å². The Kier molecular flexibility index (Phi) is 5.59. The van der Waals surface area contributed by atoms with E-state index in [1.54, 1.807) is 24.3 Å². The zero-order valence-corrected chi connectivity index (χ0v) is 22.0. The molecule has 200 valence electrons. The smallest absolute Gasteiger partial charge is 0.261 e. The lowest BCUT2D eigenvalue weighted by Crippen LogP contribution is -2.41. The summed E-state index contributed by atoms with van der Waals surface area (Å²) in [5.41, 5.74) is 13.3. The number of nitrogens with zero attached hydrogens (tertiary/aromatic N) is 2. The van der Waals surface area contributed by atoms with Gasteiger partial charge in [-0.15, -0.1) is 0 Å².